The van der Waals surface area contributed by atoms with Crippen LogP contribution in [0.4, 0.5) is 0 Å². The predicted octanol–water partition coefficient (Wildman–Crippen LogP) is 2.56. The number of carboxylic acids is 1. The van der Waals surface area contributed by atoms with Crippen molar-refractivity contribution in [1.82, 2.24) is 20.9 Å². The SMILES string of the molecule is CO[C@@]1(NC(=O)Cc2cccs2)C(=O)N2C(C(=O)O)=C(CO)CS[C@@H]21.c1ccc(CNCCNCc2ccccc2)cc1. The van der Waals surface area contributed by atoms with Gasteiger partial charge in [0, 0.05) is 43.9 Å². The third-order valence-corrected chi connectivity index (χ3v) is 9.14. The molecule has 0 spiro atoms. The van der Waals surface area contributed by atoms with E-state index < -0.39 is 29.6 Å². The summed E-state index contributed by atoms with van der Waals surface area (Å²) in [6.45, 7) is 3.40. The van der Waals surface area contributed by atoms with Crippen LogP contribution in [0.25, 0.3) is 0 Å². The van der Waals surface area contributed by atoms with E-state index in [-0.39, 0.29) is 29.4 Å². The number of ether oxygens (including phenoxy) is 1. The fourth-order valence-corrected chi connectivity index (χ4v) is 6.85. The minimum Gasteiger partial charge on any atom is -0.477 e. The highest BCUT2D eigenvalue weighted by Gasteiger charge is 2.66. The number of thiophene rings is 1. The van der Waals surface area contributed by atoms with Crippen molar-refractivity contribution in [2.75, 3.05) is 32.6 Å². The molecule has 0 radical (unpaired) electrons. The number of carbonyl (C=O) groups is 3. The second-order valence-corrected chi connectivity index (χ2v) is 11.9. The first-order chi connectivity index (χ1) is 20.9. The van der Waals surface area contributed by atoms with Gasteiger partial charge in [0.15, 0.2) is 0 Å². The highest BCUT2D eigenvalue weighted by Crippen LogP contribution is 2.46. The zero-order chi connectivity index (χ0) is 30.7. The molecule has 2 atom stereocenters. The molecule has 0 aliphatic carbocycles. The third kappa shape index (κ3) is 8.11. The van der Waals surface area contributed by atoms with Gasteiger partial charge in [-0.1, -0.05) is 66.7 Å². The molecule has 1 aromatic heterocycles. The number of fused-ring (bicyclic) bond motifs is 1. The quantitative estimate of drug-likeness (QED) is 0.110. The fourth-order valence-electron chi connectivity index (χ4n) is 4.72. The Labute approximate surface area is 259 Å². The molecule has 3 heterocycles. The van der Waals surface area contributed by atoms with Crippen LogP contribution in [0.2, 0.25) is 0 Å². The number of aliphatic carboxylic acids is 1. The van der Waals surface area contributed by atoms with Crippen molar-refractivity contribution in [3.05, 3.63) is 105 Å². The number of aliphatic hydroxyl groups is 1. The topological polar surface area (TPSA) is 140 Å². The van der Waals surface area contributed by atoms with E-state index in [4.69, 9.17) is 4.74 Å². The normalized spacial score (nSPS) is 19.2. The molecule has 1 saturated heterocycles. The lowest BCUT2D eigenvalue weighted by Gasteiger charge is -2.55. The number of aliphatic hydroxyl groups excluding tert-OH is 1. The summed E-state index contributed by atoms with van der Waals surface area (Å²) in [7, 11) is 1.30. The predicted molar refractivity (Wildman–Crippen MR) is 167 cm³/mol. The van der Waals surface area contributed by atoms with Gasteiger partial charge in [0.05, 0.1) is 13.0 Å². The van der Waals surface area contributed by atoms with Crippen molar-refractivity contribution in [3.8, 4) is 0 Å². The van der Waals surface area contributed by atoms with Crippen LogP contribution in [0.1, 0.15) is 16.0 Å². The number of amides is 2. The molecule has 0 saturated carbocycles. The number of β-lactam (4-membered cyclic amide) rings is 1. The molecule has 2 aliphatic heterocycles. The summed E-state index contributed by atoms with van der Waals surface area (Å²) in [5, 5.41) is 29.3. The van der Waals surface area contributed by atoms with E-state index in [0.29, 0.717) is 0 Å². The smallest absolute Gasteiger partial charge is 0.352 e. The Hall–Kier alpha value is -3.52. The van der Waals surface area contributed by atoms with Gasteiger partial charge in [-0.3, -0.25) is 14.5 Å². The van der Waals surface area contributed by atoms with E-state index in [1.54, 1.807) is 0 Å². The van der Waals surface area contributed by atoms with Crippen LogP contribution in [0.3, 0.4) is 0 Å². The molecule has 0 unspecified atom stereocenters. The Bertz CT molecular complexity index is 1340. The van der Waals surface area contributed by atoms with Crippen molar-refractivity contribution in [2.45, 2.75) is 30.6 Å². The Morgan fingerprint density at radius 1 is 0.977 bits per heavy atom. The molecule has 228 valence electrons. The number of nitrogens with one attached hydrogen (secondary N) is 3. The van der Waals surface area contributed by atoms with Crippen LogP contribution in [0.15, 0.2) is 89.4 Å². The van der Waals surface area contributed by atoms with Crippen LogP contribution in [0.5, 0.6) is 0 Å². The number of carbonyl (C=O) groups excluding carboxylic acids is 2. The van der Waals surface area contributed by atoms with E-state index in [1.165, 1.54) is 41.3 Å². The number of rotatable bonds is 13. The van der Waals surface area contributed by atoms with E-state index in [9.17, 15) is 24.6 Å². The first-order valence-corrected chi connectivity index (χ1v) is 15.7. The van der Waals surface area contributed by atoms with Gasteiger partial charge in [0.2, 0.25) is 5.91 Å². The number of thioether (sulfide) groups is 1. The number of hydrogen-bond donors (Lipinski definition) is 5. The summed E-state index contributed by atoms with van der Waals surface area (Å²) in [6.07, 6.45) is 0.108. The molecule has 2 aliphatic rings. The van der Waals surface area contributed by atoms with Crippen LogP contribution in [-0.4, -0.2) is 76.6 Å². The van der Waals surface area contributed by atoms with Gasteiger partial charge in [0.25, 0.3) is 11.6 Å². The minimum atomic E-state index is -1.60. The van der Waals surface area contributed by atoms with Crippen LogP contribution in [-0.2, 0) is 38.6 Å². The van der Waals surface area contributed by atoms with Crippen LogP contribution < -0.4 is 16.0 Å². The summed E-state index contributed by atoms with van der Waals surface area (Å²) in [4.78, 5) is 38.4. The molecule has 12 heteroatoms. The van der Waals surface area contributed by atoms with Gasteiger partial charge in [0.1, 0.15) is 11.1 Å². The Morgan fingerprint density at radius 3 is 2.07 bits per heavy atom. The number of nitrogens with zero attached hydrogens (tertiary/aromatic N) is 1. The van der Waals surface area contributed by atoms with Gasteiger partial charge < -0.3 is 30.9 Å². The average Bonchev–Trinajstić information content (AvgIpc) is 3.54. The zero-order valence-corrected chi connectivity index (χ0v) is 25.5. The second kappa shape index (κ2) is 15.8. The van der Waals surface area contributed by atoms with Gasteiger partial charge in [-0.15, -0.1) is 23.1 Å². The first-order valence-electron chi connectivity index (χ1n) is 13.8. The van der Waals surface area contributed by atoms with Crippen LogP contribution in [0, 0.1) is 0 Å². The molecule has 10 nitrogen and oxygen atoms in total. The Morgan fingerprint density at radius 2 is 1.58 bits per heavy atom. The Kier molecular flexibility index (Phi) is 11.9. The second-order valence-electron chi connectivity index (χ2n) is 9.82. The van der Waals surface area contributed by atoms with Crippen molar-refractivity contribution < 1.29 is 29.3 Å². The molecule has 3 aromatic rings. The molecule has 1 fully saturated rings. The zero-order valence-electron chi connectivity index (χ0n) is 23.8. The number of benzene rings is 2. The maximum atomic E-state index is 12.7. The van der Waals surface area contributed by atoms with Crippen molar-refractivity contribution in [2.24, 2.45) is 0 Å². The highest BCUT2D eigenvalue weighted by molar-refractivity contribution is 8.00. The summed E-state index contributed by atoms with van der Waals surface area (Å²) in [6, 6.07) is 24.6. The molecule has 5 rings (SSSR count). The van der Waals surface area contributed by atoms with Gasteiger partial charge in [-0.2, -0.15) is 0 Å². The standard InChI is InChI=1S/C16H20N2.C15H16N2O6S2/c1-3-7-15(8-4-1)13-17-11-12-18-14-16-9-5-2-6-10-16;1-23-15(16-10(19)5-9-3-2-4-24-9)13(22)17-11(12(20)21)8(6-18)7-25-14(15)17/h1-10,17-18H,11-14H2;2-4,14,18H,5-7H2,1H3,(H,16,19)(H,20,21)/t;14-,15+/m.1/s1. The summed E-state index contributed by atoms with van der Waals surface area (Å²) < 4.78 is 5.32. The van der Waals surface area contributed by atoms with Crippen molar-refractivity contribution >= 4 is 40.9 Å². The van der Waals surface area contributed by atoms with E-state index in [2.05, 4.69) is 64.5 Å². The summed E-state index contributed by atoms with van der Waals surface area (Å²) in [5.41, 5.74) is 1.09. The number of hydrogen-bond acceptors (Lipinski definition) is 9. The van der Waals surface area contributed by atoms with Crippen LogP contribution >= 0.6 is 23.1 Å². The average molecular weight is 625 g/mol. The minimum absolute atomic E-state index is 0.108. The summed E-state index contributed by atoms with van der Waals surface area (Å²) >= 11 is 2.67. The highest BCUT2D eigenvalue weighted by atomic mass is 32.2. The van der Waals surface area contributed by atoms with E-state index in [1.807, 2.05) is 29.6 Å². The maximum Gasteiger partial charge on any atom is 0.352 e. The monoisotopic (exact) mass is 624 g/mol. The number of methoxy groups -OCH3 is 1. The molecule has 2 aromatic carbocycles. The lowest BCUT2D eigenvalue weighted by atomic mass is 9.98. The first kappa shape index (κ1) is 32.4. The Balaban J connectivity index is 0.000000208. The summed E-state index contributed by atoms with van der Waals surface area (Å²) in [5.74, 6) is -2.10. The molecule has 43 heavy (non-hydrogen) atoms. The fraction of sp³-hybridized carbons (Fsp3) is 0.323. The van der Waals surface area contributed by atoms with Gasteiger partial charge >= 0.3 is 5.97 Å². The lowest BCUT2D eigenvalue weighted by molar-refractivity contribution is -0.192. The molecule has 2 amide bonds. The van der Waals surface area contributed by atoms with E-state index >= 15 is 0 Å². The molecular formula is C31H36N4O6S2. The largest absolute Gasteiger partial charge is 0.477 e. The number of carboxylic acid groups (broad SMARTS) is 1. The van der Waals surface area contributed by atoms with Crippen molar-refractivity contribution in [3.63, 3.8) is 0 Å². The van der Waals surface area contributed by atoms with Gasteiger partial charge in [-0.25, -0.2) is 4.79 Å². The van der Waals surface area contributed by atoms with E-state index in [0.717, 1.165) is 36.0 Å². The lowest BCUT2D eigenvalue weighted by Crippen LogP contribution is -2.80. The molecular weight excluding hydrogens is 588 g/mol. The molecule has 0 bridgehead atoms. The van der Waals surface area contributed by atoms with Crippen molar-refractivity contribution in [1.29, 1.82) is 0 Å². The molecule has 5 N–H and O–H groups in total. The maximum absolute atomic E-state index is 12.7. The third-order valence-electron chi connectivity index (χ3n) is 6.89. The van der Waals surface area contributed by atoms with Gasteiger partial charge in [-0.05, 0) is 28.1 Å².